The molecule has 0 aromatic heterocycles. The molecule has 0 bridgehead atoms. The molecule has 9 heteroatoms. The highest BCUT2D eigenvalue weighted by Crippen LogP contribution is 2.31. The molecule has 3 nitrogen and oxygen atoms in total. The summed E-state index contributed by atoms with van der Waals surface area (Å²) in [5.74, 6) is -3.73. The van der Waals surface area contributed by atoms with E-state index in [1.807, 2.05) is 0 Å². The number of carbonyl (C=O) groups excluding carboxylic acids is 1. The van der Waals surface area contributed by atoms with Gasteiger partial charge in [-0.3, -0.25) is 4.79 Å². The predicted octanol–water partition coefficient (Wildman–Crippen LogP) is 3.35. The summed E-state index contributed by atoms with van der Waals surface area (Å²) in [6, 6.07) is 2.53. The van der Waals surface area contributed by atoms with Crippen LogP contribution < -0.4 is 4.84 Å². The van der Waals surface area contributed by atoms with Crippen LogP contribution in [0.3, 0.4) is 0 Å². The molecular weight excluding hydrogens is 343 g/mol. The Labute approximate surface area is 134 Å². The predicted molar refractivity (Wildman–Crippen MR) is 73.7 cm³/mol. The van der Waals surface area contributed by atoms with Crippen molar-refractivity contribution < 1.29 is 26.7 Å². The molecular formula is C14H14ClF5N2O. The van der Waals surface area contributed by atoms with Crippen molar-refractivity contribution in [2.45, 2.75) is 31.0 Å². The smallest absolute Gasteiger partial charge is 0.332 e. The molecule has 1 N–H and O–H groups in total. The van der Waals surface area contributed by atoms with Crippen LogP contribution in [0.5, 0.6) is 0 Å². The van der Waals surface area contributed by atoms with Crippen molar-refractivity contribution in [3.05, 3.63) is 35.4 Å². The number of likely N-dealkylation sites (tertiary alicyclic amines) is 1. The molecule has 1 unspecified atom stereocenters. The molecule has 1 aromatic rings. The lowest BCUT2D eigenvalue weighted by molar-refractivity contribution is -0.161. The standard InChI is InChI=1S/C14H14ClF5N2O/c15-21-11-5-4-8(9-2-1-3-10(16)12(9)17)6-22(13(11)23)7-14(18,19)20/h1-3,8,11,21H,4-7H2/t8?,11-/m1/s1. The molecule has 1 aliphatic heterocycles. The van der Waals surface area contributed by atoms with Crippen LogP contribution in [-0.2, 0) is 4.79 Å². The Morgan fingerprint density at radius 2 is 1.96 bits per heavy atom. The Balaban J connectivity index is 2.31. The van der Waals surface area contributed by atoms with Gasteiger partial charge >= 0.3 is 6.18 Å². The lowest BCUT2D eigenvalue weighted by atomic mass is 9.93. The van der Waals surface area contributed by atoms with Crippen molar-refractivity contribution in [2.24, 2.45) is 0 Å². The molecule has 0 spiro atoms. The van der Waals surface area contributed by atoms with Crippen LogP contribution in [0.4, 0.5) is 22.0 Å². The summed E-state index contributed by atoms with van der Waals surface area (Å²) in [4.78, 5) is 14.8. The quantitative estimate of drug-likeness (QED) is 0.665. The maximum absolute atomic E-state index is 13.9. The van der Waals surface area contributed by atoms with Crippen molar-refractivity contribution in [2.75, 3.05) is 13.1 Å². The van der Waals surface area contributed by atoms with E-state index >= 15 is 0 Å². The third-order valence-electron chi connectivity index (χ3n) is 3.78. The van der Waals surface area contributed by atoms with Gasteiger partial charge in [0.15, 0.2) is 11.6 Å². The molecule has 1 heterocycles. The number of nitrogens with one attached hydrogen (secondary N) is 1. The van der Waals surface area contributed by atoms with Crippen LogP contribution in [0, 0.1) is 11.6 Å². The van der Waals surface area contributed by atoms with E-state index in [9.17, 15) is 26.7 Å². The van der Waals surface area contributed by atoms with E-state index in [1.54, 1.807) is 0 Å². The number of halogens is 6. The Hall–Kier alpha value is -1.41. The zero-order chi connectivity index (χ0) is 17.2. The summed E-state index contributed by atoms with van der Waals surface area (Å²) in [7, 11) is 0. The SMILES string of the molecule is O=C1[C@H](NCl)CCC(c2cccc(F)c2F)CN1CC(F)(F)F. The zero-order valence-corrected chi connectivity index (χ0v) is 12.6. The van der Waals surface area contributed by atoms with Gasteiger partial charge in [0.1, 0.15) is 12.6 Å². The van der Waals surface area contributed by atoms with Gasteiger partial charge in [-0.25, -0.2) is 13.6 Å². The van der Waals surface area contributed by atoms with E-state index in [0.717, 1.165) is 6.07 Å². The maximum Gasteiger partial charge on any atom is 0.406 e. The number of rotatable bonds is 3. The van der Waals surface area contributed by atoms with Gasteiger partial charge in [-0.15, -0.1) is 0 Å². The number of nitrogens with zero attached hydrogens (tertiary/aromatic N) is 1. The molecule has 1 aromatic carbocycles. The van der Waals surface area contributed by atoms with Gasteiger partial charge in [0.05, 0.1) is 0 Å². The van der Waals surface area contributed by atoms with E-state index in [0.29, 0.717) is 4.90 Å². The van der Waals surface area contributed by atoms with Gasteiger partial charge in [-0.05, 0) is 36.2 Å². The third kappa shape index (κ3) is 4.32. The summed E-state index contributed by atoms with van der Waals surface area (Å²) in [5.41, 5.74) is -0.0415. The number of amides is 1. The fraction of sp³-hybridized carbons (Fsp3) is 0.500. The number of hydrogen-bond acceptors (Lipinski definition) is 2. The number of hydrogen-bond donors (Lipinski definition) is 1. The molecule has 0 radical (unpaired) electrons. The van der Waals surface area contributed by atoms with Crippen LogP contribution in [0.2, 0.25) is 0 Å². The van der Waals surface area contributed by atoms with E-state index in [-0.39, 0.29) is 24.9 Å². The fourth-order valence-electron chi connectivity index (χ4n) is 2.71. The molecule has 2 rings (SSSR count). The van der Waals surface area contributed by atoms with Crippen LogP contribution in [0.15, 0.2) is 18.2 Å². The Morgan fingerprint density at radius 1 is 1.26 bits per heavy atom. The molecule has 0 saturated carbocycles. The Bertz CT molecular complexity index is 581. The molecule has 2 atom stereocenters. The lowest BCUT2D eigenvalue weighted by Gasteiger charge is -2.27. The van der Waals surface area contributed by atoms with Gasteiger partial charge in [-0.1, -0.05) is 12.1 Å². The molecule has 23 heavy (non-hydrogen) atoms. The number of benzene rings is 1. The second kappa shape index (κ2) is 7.00. The van der Waals surface area contributed by atoms with Crippen LogP contribution in [0.1, 0.15) is 24.3 Å². The summed E-state index contributed by atoms with van der Waals surface area (Å²) in [6.45, 7) is -1.82. The van der Waals surface area contributed by atoms with Gasteiger partial charge < -0.3 is 4.90 Å². The maximum atomic E-state index is 13.9. The van der Waals surface area contributed by atoms with E-state index in [4.69, 9.17) is 11.8 Å². The monoisotopic (exact) mass is 356 g/mol. The highest BCUT2D eigenvalue weighted by atomic mass is 35.5. The zero-order valence-electron chi connectivity index (χ0n) is 11.8. The van der Waals surface area contributed by atoms with E-state index in [1.165, 1.54) is 12.1 Å². The Kier molecular flexibility index (Phi) is 5.46. The highest BCUT2D eigenvalue weighted by Gasteiger charge is 2.39. The minimum absolute atomic E-state index is 0.0415. The second-order valence-electron chi connectivity index (χ2n) is 5.41. The molecule has 0 aliphatic carbocycles. The highest BCUT2D eigenvalue weighted by molar-refractivity contribution is 6.15. The molecule has 1 fully saturated rings. The Morgan fingerprint density at radius 3 is 2.57 bits per heavy atom. The minimum atomic E-state index is -4.60. The summed E-state index contributed by atoms with van der Waals surface area (Å²) >= 11 is 5.42. The topological polar surface area (TPSA) is 32.3 Å². The number of carbonyl (C=O) groups is 1. The first-order chi connectivity index (χ1) is 10.7. The molecule has 1 aliphatic rings. The van der Waals surface area contributed by atoms with Crippen molar-refractivity contribution in [3.8, 4) is 0 Å². The van der Waals surface area contributed by atoms with Crippen molar-refractivity contribution in [1.29, 1.82) is 0 Å². The summed E-state index contributed by atoms with van der Waals surface area (Å²) < 4.78 is 65.3. The lowest BCUT2D eigenvalue weighted by Crippen LogP contribution is -2.46. The normalized spacial score (nSPS) is 23.0. The summed E-state index contributed by atoms with van der Waals surface area (Å²) in [5, 5.41) is 0. The van der Waals surface area contributed by atoms with Crippen LogP contribution >= 0.6 is 11.8 Å². The van der Waals surface area contributed by atoms with Crippen molar-refractivity contribution >= 4 is 17.7 Å². The average Bonchev–Trinajstić information content (AvgIpc) is 2.60. The minimum Gasteiger partial charge on any atom is -0.332 e. The second-order valence-corrected chi connectivity index (χ2v) is 5.63. The van der Waals surface area contributed by atoms with E-state index in [2.05, 4.69) is 4.84 Å². The average molecular weight is 357 g/mol. The van der Waals surface area contributed by atoms with Gasteiger partial charge in [-0.2, -0.15) is 13.2 Å². The van der Waals surface area contributed by atoms with Crippen LogP contribution in [0.25, 0.3) is 0 Å². The molecule has 1 amide bonds. The van der Waals surface area contributed by atoms with Crippen molar-refractivity contribution in [1.82, 2.24) is 9.74 Å². The molecule has 128 valence electrons. The van der Waals surface area contributed by atoms with Gasteiger partial charge in [0.25, 0.3) is 0 Å². The first kappa shape index (κ1) is 17.9. The van der Waals surface area contributed by atoms with Gasteiger partial charge in [0.2, 0.25) is 5.91 Å². The largest absolute Gasteiger partial charge is 0.406 e. The third-order valence-corrected chi connectivity index (χ3v) is 4.04. The first-order valence-corrected chi connectivity index (χ1v) is 7.26. The van der Waals surface area contributed by atoms with Gasteiger partial charge in [0, 0.05) is 12.5 Å². The van der Waals surface area contributed by atoms with E-state index < -0.39 is 42.2 Å². The number of alkyl halides is 3. The fourth-order valence-corrected chi connectivity index (χ4v) is 2.91. The van der Waals surface area contributed by atoms with Crippen LogP contribution in [-0.4, -0.2) is 36.1 Å². The summed E-state index contributed by atoms with van der Waals surface area (Å²) in [6.07, 6.45) is -4.27. The van der Waals surface area contributed by atoms with Crippen molar-refractivity contribution in [3.63, 3.8) is 0 Å². The molecule has 1 saturated heterocycles. The first-order valence-electron chi connectivity index (χ1n) is 6.88.